The van der Waals surface area contributed by atoms with Crippen LogP contribution in [0.4, 0.5) is 0 Å². The first kappa shape index (κ1) is 27.1. The van der Waals surface area contributed by atoms with Crippen LogP contribution in [0.25, 0.3) is 5.57 Å². The minimum atomic E-state index is -0.460. The number of imidazole rings is 2. The van der Waals surface area contributed by atoms with E-state index in [0.717, 1.165) is 36.7 Å². The van der Waals surface area contributed by atoms with Crippen molar-refractivity contribution >= 4 is 11.5 Å². The van der Waals surface area contributed by atoms with Crippen molar-refractivity contribution in [3.8, 4) is 0 Å². The van der Waals surface area contributed by atoms with E-state index in [0.29, 0.717) is 35.8 Å². The summed E-state index contributed by atoms with van der Waals surface area (Å²) in [4.78, 5) is 34.4. The molecule has 2 aliphatic carbocycles. The van der Waals surface area contributed by atoms with Gasteiger partial charge >= 0.3 is 0 Å². The zero-order valence-electron chi connectivity index (χ0n) is 25.1. The fourth-order valence-electron chi connectivity index (χ4n) is 9.08. The fraction of sp³-hybridized carbons (Fsp3) is 0.667. The number of aromatic nitrogens is 4. The zero-order chi connectivity index (χ0) is 28.4. The predicted octanol–water partition coefficient (Wildman–Crippen LogP) is 5.09. The molecule has 8 nitrogen and oxygen atoms in total. The summed E-state index contributed by atoms with van der Waals surface area (Å²) >= 11 is 0. The number of likely N-dealkylation sites (tertiary alicyclic amines) is 1. The number of hydrogen-bond acceptors (Lipinski definition) is 5. The monoisotopic (exact) mass is 557 g/mol. The predicted molar refractivity (Wildman–Crippen MR) is 161 cm³/mol. The number of aromatic amines is 2. The molecule has 7 rings (SSSR count). The standard InChI is InChI=1S/C33H47N7O/c1-18(2)31(34)33(41)40-15-5-6-28(40)32-36-17-25(38-32)23-12-11-22(29-26-13-14-27(30(23)29)39(26)4)20-7-9-21(10-8-20)24-16-35-19(3)37-24/h11-12,16-18,20-21,26-31H,5-10,13-15,34H2,1-4H3,(H,35,37)(H,36,38). The van der Waals surface area contributed by atoms with Gasteiger partial charge in [-0.3, -0.25) is 9.69 Å². The van der Waals surface area contributed by atoms with Gasteiger partial charge < -0.3 is 20.6 Å². The molecule has 5 heterocycles. The van der Waals surface area contributed by atoms with E-state index in [9.17, 15) is 4.79 Å². The number of amides is 1. The molecule has 6 unspecified atom stereocenters. The van der Waals surface area contributed by atoms with Gasteiger partial charge in [0.05, 0.1) is 24.0 Å². The summed E-state index contributed by atoms with van der Waals surface area (Å²) in [5, 5.41) is 0. The van der Waals surface area contributed by atoms with Crippen molar-refractivity contribution < 1.29 is 4.79 Å². The van der Waals surface area contributed by atoms with Crippen LogP contribution in [-0.2, 0) is 4.79 Å². The Morgan fingerprint density at radius 1 is 0.951 bits per heavy atom. The van der Waals surface area contributed by atoms with Gasteiger partial charge in [0.15, 0.2) is 0 Å². The number of hydrogen-bond donors (Lipinski definition) is 3. The quantitative estimate of drug-likeness (QED) is 0.459. The maximum Gasteiger partial charge on any atom is 0.240 e. The van der Waals surface area contributed by atoms with E-state index in [1.807, 2.05) is 38.1 Å². The van der Waals surface area contributed by atoms with Crippen molar-refractivity contribution in [3.05, 3.63) is 53.2 Å². The van der Waals surface area contributed by atoms with Gasteiger partial charge in [-0.05, 0) is 82.7 Å². The number of carbonyl (C=O) groups excluding carboxylic acids is 1. The van der Waals surface area contributed by atoms with E-state index in [1.165, 1.54) is 49.8 Å². The van der Waals surface area contributed by atoms with Gasteiger partial charge in [0.25, 0.3) is 0 Å². The summed E-state index contributed by atoms with van der Waals surface area (Å²) in [7, 11) is 2.35. The molecule has 220 valence electrons. The molecule has 6 atom stereocenters. The van der Waals surface area contributed by atoms with Crippen molar-refractivity contribution in [3.63, 3.8) is 0 Å². The van der Waals surface area contributed by atoms with Crippen LogP contribution in [0.3, 0.4) is 0 Å². The third kappa shape index (κ3) is 4.53. The van der Waals surface area contributed by atoms with Gasteiger partial charge in [-0.2, -0.15) is 0 Å². The highest BCUT2D eigenvalue weighted by Gasteiger charge is 2.55. The van der Waals surface area contributed by atoms with Crippen molar-refractivity contribution in [1.29, 1.82) is 0 Å². The average Bonchev–Trinajstić information content (AvgIpc) is 3.81. The van der Waals surface area contributed by atoms with Crippen LogP contribution in [0.2, 0.25) is 0 Å². The van der Waals surface area contributed by atoms with Crippen LogP contribution in [0.5, 0.6) is 0 Å². The van der Waals surface area contributed by atoms with E-state index >= 15 is 0 Å². The number of nitrogens with zero attached hydrogens (tertiary/aromatic N) is 4. The second-order valence-corrected chi connectivity index (χ2v) is 13.8. The van der Waals surface area contributed by atoms with E-state index < -0.39 is 6.04 Å². The molecule has 0 radical (unpaired) electrons. The average molecular weight is 558 g/mol. The molecule has 2 bridgehead atoms. The van der Waals surface area contributed by atoms with Gasteiger partial charge in [-0.15, -0.1) is 0 Å². The van der Waals surface area contributed by atoms with E-state index in [1.54, 1.807) is 5.57 Å². The molecule has 2 aromatic heterocycles. The number of fused-ring (bicyclic) bond motifs is 5. The Labute approximate surface area is 244 Å². The van der Waals surface area contributed by atoms with Gasteiger partial charge in [0.1, 0.15) is 11.6 Å². The summed E-state index contributed by atoms with van der Waals surface area (Å²) in [6, 6.07) is 0.753. The van der Waals surface area contributed by atoms with E-state index in [4.69, 9.17) is 10.7 Å². The summed E-state index contributed by atoms with van der Waals surface area (Å²) in [6.45, 7) is 6.84. The van der Waals surface area contributed by atoms with Gasteiger partial charge in [0, 0.05) is 48.3 Å². The topological polar surface area (TPSA) is 107 Å². The lowest BCUT2D eigenvalue weighted by Crippen LogP contribution is -2.46. The number of H-pyrrole nitrogens is 2. The molecular weight excluding hydrogens is 510 g/mol. The highest BCUT2D eigenvalue weighted by Crippen LogP contribution is 2.57. The van der Waals surface area contributed by atoms with Crippen LogP contribution in [0.1, 0.15) is 100 Å². The van der Waals surface area contributed by atoms with Gasteiger partial charge in [0.2, 0.25) is 5.91 Å². The Balaban J connectivity index is 1.14. The van der Waals surface area contributed by atoms with Crippen LogP contribution in [0, 0.1) is 30.6 Å². The smallest absolute Gasteiger partial charge is 0.240 e. The minimum Gasteiger partial charge on any atom is -0.346 e. The molecule has 5 aliphatic rings. The van der Waals surface area contributed by atoms with Crippen LogP contribution in [-0.4, -0.2) is 67.4 Å². The van der Waals surface area contributed by atoms with Crippen molar-refractivity contribution in [2.45, 2.75) is 102 Å². The lowest BCUT2D eigenvalue weighted by Gasteiger charge is -2.40. The largest absolute Gasteiger partial charge is 0.346 e. The highest BCUT2D eigenvalue weighted by molar-refractivity contribution is 5.82. The third-order valence-electron chi connectivity index (χ3n) is 11.3. The summed E-state index contributed by atoms with van der Waals surface area (Å²) < 4.78 is 0. The molecule has 41 heavy (non-hydrogen) atoms. The van der Waals surface area contributed by atoms with E-state index in [2.05, 4.69) is 39.1 Å². The Morgan fingerprint density at radius 2 is 1.68 bits per heavy atom. The molecule has 3 saturated heterocycles. The Morgan fingerprint density at radius 3 is 2.39 bits per heavy atom. The molecule has 3 aliphatic heterocycles. The maximum atomic E-state index is 13.2. The molecule has 0 spiro atoms. The lowest BCUT2D eigenvalue weighted by molar-refractivity contribution is -0.134. The fourth-order valence-corrected chi connectivity index (χ4v) is 9.08. The molecule has 8 heteroatoms. The summed E-state index contributed by atoms with van der Waals surface area (Å²) in [6.07, 6.45) is 18.5. The van der Waals surface area contributed by atoms with Crippen LogP contribution in [0.15, 0.2) is 30.1 Å². The van der Waals surface area contributed by atoms with Crippen molar-refractivity contribution in [2.24, 2.45) is 29.4 Å². The number of rotatable bonds is 6. The molecule has 1 amide bonds. The summed E-state index contributed by atoms with van der Waals surface area (Å²) in [5.41, 5.74) is 11.8. The number of nitrogens with two attached hydrogens (primary N) is 1. The first-order valence-electron chi connectivity index (χ1n) is 16.1. The number of carbonyl (C=O) groups is 1. The molecular formula is C33H47N7O. The molecule has 0 aromatic carbocycles. The Bertz CT molecular complexity index is 1340. The SMILES string of the molecule is Cc1ncc(C2CCC(C3=CC=C(c4cnc(C5CCCN5C(=O)C(N)C(C)C)[nH]4)C4C3C3CCC4N3C)CC2)[nH]1. The van der Waals surface area contributed by atoms with Crippen molar-refractivity contribution in [2.75, 3.05) is 13.6 Å². The van der Waals surface area contributed by atoms with Crippen LogP contribution >= 0.6 is 0 Å². The maximum absolute atomic E-state index is 13.2. The first-order valence-corrected chi connectivity index (χ1v) is 16.1. The molecule has 4 N–H and O–H groups in total. The number of aryl methyl sites for hydroxylation is 1. The molecule has 1 saturated carbocycles. The van der Waals surface area contributed by atoms with Gasteiger partial charge in [-0.25, -0.2) is 9.97 Å². The number of allylic oxidation sites excluding steroid dienone is 2. The normalized spacial score (nSPS) is 34.2. The minimum absolute atomic E-state index is 0.0105. The summed E-state index contributed by atoms with van der Waals surface area (Å²) in [5.74, 6) is 4.51. The number of nitrogens with one attached hydrogen (secondary N) is 2. The third-order valence-corrected chi connectivity index (χ3v) is 11.3. The second-order valence-electron chi connectivity index (χ2n) is 13.8. The van der Waals surface area contributed by atoms with Crippen LogP contribution < -0.4 is 5.73 Å². The van der Waals surface area contributed by atoms with Gasteiger partial charge in [-0.1, -0.05) is 31.6 Å². The molecule has 2 aromatic rings. The lowest BCUT2D eigenvalue weighted by atomic mass is 9.63. The zero-order valence-corrected chi connectivity index (χ0v) is 25.1. The van der Waals surface area contributed by atoms with Crippen molar-refractivity contribution in [1.82, 2.24) is 29.7 Å². The molecule has 4 fully saturated rings. The Kier molecular flexibility index (Phi) is 6.97. The highest BCUT2D eigenvalue weighted by atomic mass is 16.2. The Hall–Kier alpha value is -2.71. The first-order chi connectivity index (χ1) is 19.8. The van der Waals surface area contributed by atoms with E-state index in [-0.39, 0.29) is 17.9 Å². The second kappa shape index (κ2) is 10.5.